The van der Waals surface area contributed by atoms with Crippen LogP contribution in [0.25, 0.3) is 0 Å². The van der Waals surface area contributed by atoms with Gasteiger partial charge in [-0.3, -0.25) is 0 Å². The van der Waals surface area contributed by atoms with Gasteiger partial charge in [-0.2, -0.15) is 4.39 Å². The van der Waals surface area contributed by atoms with Gasteiger partial charge in [0.15, 0.2) is 23.2 Å². The third kappa shape index (κ3) is 7.91. The highest BCUT2D eigenvalue weighted by Gasteiger charge is 2.33. The number of aryl methyl sites for hydroxylation is 1. The summed E-state index contributed by atoms with van der Waals surface area (Å²) in [5.41, 5.74) is 1.59. The van der Waals surface area contributed by atoms with Crippen LogP contribution in [0.4, 0.5) is 17.6 Å². The molecule has 242 valence electrons. The molecule has 0 aromatic heterocycles. The molecule has 0 heterocycles. The third-order valence-electron chi connectivity index (χ3n) is 11.4. The lowest BCUT2D eigenvalue weighted by atomic mass is 9.67. The van der Waals surface area contributed by atoms with Gasteiger partial charge in [-0.1, -0.05) is 56.0 Å². The second kappa shape index (κ2) is 15.8. The standard InChI is InChI=1S/C39H52F4O/c1-3-5-6-7-32-22-23-33(37(41)36(32)40)30-16-12-27(13-17-30)9-8-26-10-14-28(15-11-26)29-18-20-31(21-19-29)34-24-25-35(44-4-2)39(43)38(34)42/h3,5,22-31H,4,6-21H2,1-2H3/b5-3+. The van der Waals surface area contributed by atoms with Crippen LogP contribution in [0.15, 0.2) is 36.4 Å². The van der Waals surface area contributed by atoms with E-state index < -0.39 is 23.3 Å². The van der Waals surface area contributed by atoms with Gasteiger partial charge in [0.05, 0.1) is 6.61 Å². The van der Waals surface area contributed by atoms with Gasteiger partial charge in [-0.25, -0.2) is 13.2 Å². The lowest BCUT2D eigenvalue weighted by Gasteiger charge is -2.38. The van der Waals surface area contributed by atoms with Crippen molar-refractivity contribution in [2.24, 2.45) is 23.7 Å². The maximum absolute atomic E-state index is 14.9. The Balaban J connectivity index is 1.01. The predicted octanol–water partition coefficient (Wildman–Crippen LogP) is 12.0. The summed E-state index contributed by atoms with van der Waals surface area (Å²) in [7, 11) is 0. The molecule has 5 heteroatoms. The zero-order chi connectivity index (χ0) is 31.1. The van der Waals surface area contributed by atoms with Crippen LogP contribution in [-0.2, 0) is 6.42 Å². The first-order valence-corrected chi connectivity index (χ1v) is 17.6. The SMILES string of the molecule is C/C=C/CCc1ccc(C2CCC(CCC3CCC(C4CCC(c5ccc(OCC)c(F)c5F)CC4)CC3)CC2)c(F)c1F. The van der Waals surface area contributed by atoms with E-state index in [1.54, 1.807) is 25.1 Å². The summed E-state index contributed by atoms with van der Waals surface area (Å²) in [5.74, 6) is 0.427. The van der Waals surface area contributed by atoms with E-state index in [4.69, 9.17) is 4.74 Å². The van der Waals surface area contributed by atoms with Crippen LogP contribution in [0.1, 0.15) is 139 Å². The first-order chi connectivity index (χ1) is 21.4. The van der Waals surface area contributed by atoms with Crippen LogP contribution in [0, 0.1) is 46.9 Å². The highest BCUT2D eigenvalue weighted by atomic mass is 19.2. The number of hydrogen-bond acceptors (Lipinski definition) is 1. The number of ether oxygens (including phenoxy) is 1. The van der Waals surface area contributed by atoms with Gasteiger partial charge in [0.25, 0.3) is 0 Å². The van der Waals surface area contributed by atoms with Gasteiger partial charge >= 0.3 is 0 Å². The molecule has 0 radical (unpaired) electrons. The Morgan fingerprint density at radius 2 is 1.14 bits per heavy atom. The normalized spacial score (nSPS) is 28.0. The molecular formula is C39H52F4O. The summed E-state index contributed by atoms with van der Waals surface area (Å²) < 4.78 is 64.1. The van der Waals surface area contributed by atoms with Gasteiger partial charge in [-0.15, -0.1) is 0 Å². The molecule has 0 spiro atoms. The molecule has 0 saturated heterocycles. The van der Waals surface area contributed by atoms with Crippen molar-refractivity contribution in [3.8, 4) is 5.75 Å². The first-order valence-electron chi connectivity index (χ1n) is 17.6. The highest BCUT2D eigenvalue weighted by molar-refractivity contribution is 5.33. The van der Waals surface area contributed by atoms with Crippen LogP contribution in [0.5, 0.6) is 5.75 Å². The maximum atomic E-state index is 14.9. The Kier molecular flexibility index (Phi) is 11.9. The van der Waals surface area contributed by atoms with Gasteiger partial charge in [0.1, 0.15) is 0 Å². The van der Waals surface area contributed by atoms with Crippen LogP contribution in [-0.4, -0.2) is 6.61 Å². The monoisotopic (exact) mass is 612 g/mol. The molecule has 44 heavy (non-hydrogen) atoms. The molecule has 0 amide bonds. The summed E-state index contributed by atoms with van der Waals surface area (Å²) >= 11 is 0. The minimum absolute atomic E-state index is 0.0101. The summed E-state index contributed by atoms with van der Waals surface area (Å²) in [5, 5.41) is 0. The molecule has 2 aromatic carbocycles. The number of hydrogen-bond donors (Lipinski definition) is 0. The average Bonchev–Trinajstić information content (AvgIpc) is 3.05. The summed E-state index contributed by atoms with van der Waals surface area (Å²) in [6, 6.07) is 6.96. The second-order valence-corrected chi connectivity index (χ2v) is 14.0. The molecule has 0 aliphatic heterocycles. The average molecular weight is 613 g/mol. The fourth-order valence-electron chi connectivity index (χ4n) is 8.73. The molecule has 0 N–H and O–H groups in total. The van der Waals surface area contributed by atoms with Crippen molar-refractivity contribution in [3.05, 3.63) is 76.4 Å². The van der Waals surface area contributed by atoms with Gasteiger partial charge in [0.2, 0.25) is 5.82 Å². The molecule has 3 saturated carbocycles. The minimum Gasteiger partial charge on any atom is -0.491 e. The van der Waals surface area contributed by atoms with E-state index in [2.05, 4.69) is 0 Å². The zero-order valence-corrected chi connectivity index (χ0v) is 26.9. The van der Waals surface area contributed by atoms with Crippen molar-refractivity contribution in [2.45, 2.75) is 128 Å². The Labute approximate surface area is 262 Å². The number of benzene rings is 2. The third-order valence-corrected chi connectivity index (χ3v) is 11.4. The van der Waals surface area contributed by atoms with Gasteiger partial charge in [0, 0.05) is 0 Å². The number of allylic oxidation sites excluding steroid dienone is 2. The fourth-order valence-corrected chi connectivity index (χ4v) is 8.73. The topological polar surface area (TPSA) is 9.23 Å². The molecule has 0 unspecified atom stereocenters. The van der Waals surface area contributed by atoms with E-state index in [1.165, 1.54) is 38.5 Å². The molecule has 2 aromatic rings. The van der Waals surface area contributed by atoms with E-state index in [0.29, 0.717) is 41.6 Å². The largest absolute Gasteiger partial charge is 0.491 e. The molecule has 1 nitrogen and oxygen atoms in total. The quantitative estimate of drug-likeness (QED) is 0.181. The van der Waals surface area contributed by atoms with Gasteiger partial charge < -0.3 is 4.74 Å². The number of halogens is 4. The molecule has 3 aliphatic rings. The lowest BCUT2D eigenvalue weighted by molar-refractivity contribution is 0.150. The van der Waals surface area contributed by atoms with E-state index in [-0.39, 0.29) is 17.6 Å². The smallest absolute Gasteiger partial charge is 0.200 e. The van der Waals surface area contributed by atoms with E-state index in [9.17, 15) is 17.6 Å². The van der Waals surface area contributed by atoms with Crippen LogP contribution < -0.4 is 4.74 Å². The lowest BCUT2D eigenvalue weighted by Crippen LogP contribution is -2.26. The van der Waals surface area contributed by atoms with Crippen molar-refractivity contribution >= 4 is 0 Å². The van der Waals surface area contributed by atoms with Crippen molar-refractivity contribution in [3.63, 3.8) is 0 Å². The Hall–Kier alpha value is -2.30. The second-order valence-electron chi connectivity index (χ2n) is 14.0. The van der Waals surface area contributed by atoms with Gasteiger partial charge in [-0.05, 0) is 149 Å². The van der Waals surface area contributed by atoms with E-state index in [1.807, 2.05) is 25.1 Å². The minimum atomic E-state index is -0.844. The van der Waals surface area contributed by atoms with Crippen LogP contribution in [0.3, 0.4) is 0 Å². The maximum Gasteiger partial charge on any atom is 0.200 e. The number of rotatable bonds is 11. The fraction of sp³-hybridized carbons (Fsp3) is 0.641. The summed E-state index contributed by atoms with van der Waals surface area (Å²) in [6.45, 7) is 4.04. The Morgan fingerprint density at radius 1 is 0.636 bits per heavy atom. The van der Waals surface area contributed by atoms with Crippen molar-refractivity contribution in [1.82, 2.24) is 0 Å². The van der Waals surface area contributed by atoms with Crippen molar-refractivity contribution in [2.75, 3.05) is 6.61 Å². The predicted molar refractivity (Wildman–Crippen MR) is 171 cm³/mol. The Morgan fingerprint density at radius 3 is 1.70 bits per heavy atom. The summed E-state index contributed by atoms with van der Waals surface area (Å²) in [6.07, 6.45) is 21.2. The zero-order valence-electron chi connectivity index (χ0n) is 26.9. The molecule has 3 aliphatic carbocycles. The van der Waals surface area contributed by atoms with Crippen LogP contribution in [0.2, 0.25) is 0 Å². The summed E-state index contributed by atoms with van der Waals surface area (Å²) in [4.78, 5) is 0. The molecule has 0 atom stereocenters. The highest BCUT2D eigenvalue weighted by Crippen LogP contribution is 2.46. The Bertz CT molecular complexity index is 1230. The van der Waals surface area contributed by atoms with Crippen molar-refractivity contribution < 1.29 is 22.3 Å². The molecule has 0 bridgehead atoms. The first kappa shape index (κ1) is 33.1. The molecular weight excluding hydrogens is 560 g/mol. The van der Waals surface area contributed by atoms with E-state index in [0.717, 1.165) is 69.6 Å². The van der Waals surface area contributed by atoms with Crippen LogP contribution >= 0.6 is 0 Å². The molecule has 3 fully saturated rings. The molecule has 5 rings (SSSR count). The van der Waals surface area contributed by atoms with E-state index >= 15 is 0 Å². The van der Waals surface area contributed by atoms with Crippen molar-refractivity contribution in [1.29, 1.82) is 0 Å².